The number of carboxylic acids is 1. The topological polar surface area (TPSA) is 347 Å². The average molecular weight is 1280 g/mol. The number of nitroso groups, excluding NO2 is 1. The number of likely N-dealkylation sites (tertiary alicyclic amines) is 1. The van der Waals surface area contributed by atoms with Crippen molar-refractivity contribution in [2.24, 2.45) is 10.9 Å². The molecule has 0 radical (unpaired) electrons. The quantitative estimate of drug-likeness (QED) is 0.0544. The molecule has 3 aliphatic heterocycles. The van der Waals surface area contributed by atoms with Crippen molar-refractivity contribution < 1.29 is 53.3 Å². The first-order chi connectivity index (χ1) is 41.5. The number of hydrogen-bond donors (Lipinski definition) is 7. The summed E-state index contributed by atoms with van der Waals surface area (Å²) in [4.78, 5) is 135. The normalized spacial score (nSPS) is 19.6. The van der Waals surface area contributed by atoms with Crippen molar-refractivity contribution >= 4 is 109 Å². The lowest BCUT2D eigenvalue weighted by atomic mass is 10.0. The van der Waals surface area contributed by atoms with Gasteiger partial charge in [-0.05, 0) is 36.5 Å². The van der Waals surface area contributed by atoms with Crippen LogP contribution in [0.4, 0.5) is 0 Å². The smallest absolute Gasteiger partial charge is 0.326 e. The number of aliphatic imine (C=N–C) groups is 1. The van der Waals surface area contributed by atoms with Gasteiger partial charge in [0.15, 0.2) is 6.04 Å². The Balaban J connectivity index is 0.962. The van der Waals surface area contributed by atoms with Crippen molar-refractivity contribution in [3.05, 3.63) is 123 Å². The van der Waals surface area contributed by atoms with Crippen LogP contribution in [0.1, 0.15) is 114 Å². The molecule has 0 aliphatic carbocycles. The number of hydrogen-bond acceptors (Lipinski definition) is 24. The zero-order valence-corrected chi connectivity index (χ0v) is 50.8. The molecule has 8 aromatic rings. The fourth-order valence-corrected chi connectivity index (χ4v) is 14.9. The number of aliphatic carboxylic acids is 1. The maximum absolute atomic E-state index is 14.3. The van der Waals surface area contributed by atoms with Crippen LogP contribution in [0.2, 0.25) is 0 Å². The first-order valence-electron chi connectivity index (χ1n) is 26.6. The van der Waals surface area contributed by atoms with E-state index in [0.717, 1.165) is 34.0 Å². The molecule has 444 valence electrons. The van der Waals surface area contributed by atoms with Crippen LogP contribution in [0.25, 0.3) is 43.4 Å². The van der Waals surface area contributed by atoms with Crippen LogP contribution < -0.4 is 26.7 Å². The van der Waals surface area contributed by atoms with Gasteiger partial charge in [-0.3, -0.25) is 24.0 Å². The number of aromatic nitrogens is 7. The number of aliphatic hydroxyl groups excluding tert-OH is 1. The predicted molar refractivity (Wildman–Crippen MR) is 320 cm³/mol. The minimum atomic E-state index is -1.29. The van der Waals surface area contributed by atoms with Crippen LogP contribution in [0, 0.1) is 10.8 Å². The molecule has 26 nitrogen and oxygen atoms in total. The maximum Gasteiger partial charge on any atom is 0.326 e. The molecule has 10 heterocycles. The minimum absolute atomic E-state index is 0.00233. The summed E-state index contributed by atoms with van der Waals surface area (Å²) in [5, 5.41) is 43.6. The van der Waals surface area contributed by atoms with Crippen molar-refractivity contribution in [3.63, 3.8) is 0 Å². The highest BCUT2D eigenvalue weighted by atomic mass is 32.1. The van der Waals surface area contributed by atoms with Crippen molar-refractivity contribution in [2.75, 3.05) is 40.4 Å². The molecule has 5 amide bonds. The van der Waals surface area contributed by atoms with E-state index in [-0.39, 0.29) is 53.7 Å². The number of rotatable bonds is 12. The Morgan fingerprint density at radius 3 is 2.20 bits per heavy atom. The number of carboxylic acid groups (broad SMARTS) is 1. The molecule has 1 aromatic carbocycles. The number of thiazole rings is 6. The summed E-state index contributed by atoms with van der Waals surface area (Å²) < 4.78 is 11.3. The molecule has 1 saturated heterocycles. The lowest BCUT2D eigenvalue weighted by Gasteiger charge is -2.23. The van der Waals surface area contributed by atoms with Crippen LogP contribution in [-0.2, 0) is 30.5 Å². The number of nitrogens with zero attached hydrogens (tertiary/aromatic N) is 10. The average Bonchev–Trinajstić information content (AvgIpc) is 4.06. The number of hydrazine groups is 1. The van der Waals surface area contributed by atoms with E-state index in [4.69, 9.17) is 34.4 Å². The third-order valence-corrected chi connectivity index (χ3v) is 19.5. The molecule has 6 unspecified atom stereocenters. The van der Waals surface area contributed by atoms with Gasteiger partial charge in [0.25, 0.3) is 30.2 Å². The molecule has 10 bridgehead atoms. The molecule has 11 rings (SSSR count). The molecule has 86 heavy (non-hydrogen) atoms. The van der Waals surface area contributed by atoms with E-state index in [1.54, 1.807) is 64.0 Å². The van der Waals surface area contributed by atoms with Crippen LogP contribution in [0.5, 0.6) is 0 Å². The Hall–Kier alpha value is -8.24. The molecule has 32 heteroatoms. The molecule has 0 saturated carbocycles. The second-order valence-electron chi connectivity index (χ2n) is 20.0. The Kier molecular flexibility index (Phi) is 17.8. The Morgan fingerprint density at radius 2 is 1.43 bits per heavy atom. The molecular weight excluding hydrogens is 1230 g/mol. The van der Waals surface area contributed by atoms with Crippen molar-refractivity contribution in [2.45, 2.75) is 69.6 Å². The third kappa shape index (κ3) is 12.7. The van der Waals surface area contributed by atoms with Gasteiger partial charge in [0.2, 0.25) is 11.8 Å². The fourth-order valence-electron chi connectivity index (χ4n) is 9.54. The number of nitrogens with one attached hydrogen (secondary N) is 5. The van der Waals surface area contributed by atoms with Crippen LogP contribution >= 0.6 is 68.0 Å². The molecule has 3 aliphatic rings. The summed E-state index contributed by atoms with van der Waals surface area (Å²) in [6.07, 6.45) is -0.360. The number of carbonyl (C=O) groups excluding carboxylic acids is 5. The largest absolute Gasteiger partial charge is 0.480 e. The lowest BCUT2D eigenvalue weighted by Crippen LogP contribution is -2.45. The number of carbonyl (C=O) groups is 6. The van der Waals surface area contributed by atoms with E-state index < -0.39 is 78.4 Å². The van der Waals surface area contributed by atoms with E-state index >= 15 is 0 Å². The zero-order valence-electron chi connectivity index (χ0n) is 45.9. The summed E-state index contributed by atoms with van der Waals surface area (Å²) >= 11 is 7.05. The number of benzene rings is 1. The highest BCUT2D eigenvalue weighted by Crippen LogP contribution is 2.40. The van der Waals surface area contributed by atoms with E-state index in [1.807, 2.05) is 13.8 Å². The van der Waals surface area contributed by atoms with Crippen LogP contribution in [0.3, 0.4) is 0 Å². The van der Waals surface area contributed by atoms with Crippen LogP contribution in [0.15, 0.2) is 74.4 Å². The van der Waals surface area contributed by atoms with E-state index in [1.165, 1.54) is 58.4 Å². The number of pyridine rings is 1. The minimum Gasteiger partial charge on any atom is -0.480 e. The van der Waals surface area contributed by atoms with Gasteiger partial charge in [-0.15, -0.1) is 68.0 Å². The van der Waals surface area contributed by atoms with Crippen LogP contribution in [-0.4, -0.2) is 149 Å². The van der Waals surface area contributed by atoms with Gasteiger partial charge >= 0.3 is 5.97 Å². The molecule has 0 spiro atoms. The summed E-state index contributed by atoms with van der Waals surface area (Å²) in [7, 11) is 2.89. The van der Waals surface area contributed by atoms with Crippen molar-refractivity contribution in [1.82, 2.24) is 66.5 Å². The highest BCUT2D eigenvalue weighted by Gasteiger charge is 2.40. The Bertz CT molecular complexity index is 3930. The SMILES string of the molecule is CN[N+](=O)CC1NC(=O)c2csc(n2)-c2ccc(-c3nc(C4=NC(C(=O)N5CCCC5C(=O)O)CO4)cs3)nc2-c2csc(n2)-c2csc(n2)C(C(O)c2ccccc2)NC(=O)CNC(=O)c2nc(sc2COC)C(C(C)C)NC(=O)c2csc1n2. The lowest BCUT2D eigenvalue weighted by molar-refractivity contribution is -0.605. The van der Waals surface area contributed by atoms with Gasteiger partial charge in [0.05, 0.1) is 41.7 Å². The van der Waals surface area contributed by atoms with Gasteiger partial charge in [0, 0.05) is 46.1 Å². The van der Waals surface area contributed by atoms with E-state index in [9.17, 15) is 43.9 Å². The van der Waals surface area contributed by atoms with Crippen molar-refractivity contribution in [1.29, 1.82) is 0 Å². The summed E-state index contributed by atoms with van der Waals surface area (Å²) in [6.45, 7) is 3.14. The summed E-state index contributed by atoms with van der Waals surface area (Å²) in [6, 6.07) is 7.54. The number of aliphatic hydroxyl groups is 1. The Labute approximate surface area is 512 Å². The molecule has 7 N–H and O–H groups in total. The van der Waals surface area contributed by atoms with E-state index in [2.05, 4.69) is 41.7 Å². The number of fused-ring (bicyclic) bond motifs is 14. The Morgan fingerprint density at radius 1 is 0.756 bits per heavy atom. The number of ether oxygens (including phenoxy) is 2. The number of amides is 5. The molecule has 1 fully saturated rings. The van der Waals surface area contributed by atoms with Gasteiger partial charge in [-0.25, -0.2) is 44.7 Å². The standard InChI is InChI=1S/C54H51N15O11S6/c1-24(2)38-52-67-40(36(86-52)18-79-4)45(74)56-15-37(70)65-41(42(71)25-9-6-5-7-10-25)51-64-34(23-85-51)50-60-30(19-82-50)39-26(47-61-31(20-81-47)43(72)58-28(16-69(78)55-3)49-62-32(21-83-49)44(73)66-38)12-13-27(57-39)48-63-33(22-84-48)46-59-29(17-80-46)53(75)68-14-8-11-35(68)54(76)77/h5-7,9-10,12-13,19-24,28-29,35,38,41-42,71H,8,11,14-18H2,1-4H3,(H5-,55,56,58,65,66,70,72,73,74,76,77,78)/p+1. The monoisotopic (exact) mass is 1280 g/mol. The maximum atomic E-state index is 14.3. The summed E-state index contributed by atoms with van der Waals surface area (Å²) in [5.41, 5.74) is 5.38. The second-order valence-corrected chi connectivity index (χ2v) is 25.5. The predicted octanol–water partition coefficient (Wildman–Crippen LogP) is 6.00. The first kappa shape index (κ1) is 59.5. The van der Waals surface area contributed by atoms with Gasteiger partial charge in [-0.1, -0.05) is 44.2 Å². The van der Waals surface area contributed by atoms with E-state index in [0.29, 0.717) is 93.8 Å². The van der Waals surface area contributed by atoms with Crippen molar-refractivity contribution in [3.8, 4) is 43.4 Å². The number of methoxy groups -OCH3 is 1. The second kappa shape index (κ2) is 25.8. The first-order valence-corrected chi connectivity index (χ1v) is 31.8. The van der Waals surface area contributed by atoms with Gasteiger partial charge in [0.1, 0.15) is 106 Å². The van der Waals surface area contributed by atoms with Gasteiger partial charge < -0.3 is 45.9 Å². The third-order valence-electron chi connectivity index (χ3n) is 13.9. The fraction of sp³-hybridized carbons (Fsp3) is 0.333. The molecule has 6 atom stereocenters. The highest BCUT2D eigenvalue weighted by molar-refractivity contribution is 7.15. The summed E-state index contributed by atoms with van der Waals surface area (Å²) in [5.74, 6) is -4.18. The molecule has 7 aromatic heterocycles. The molecular formula is C54H52N15O11S6+. The van der Waals surface area contributed by atoms with Gasteiger partial charge in [-0.2, -0.15) is 5.43 Å². The zero-order chi connectivity index (χ0) is 60.3.